The third-order valence-electron chi connectivity index (χ3n) is 2.64. The molecule has 2 amide bonds. The van der Waals surface area contributed by atoms with Crippen molar-refractivity contribution in [2.75, 3.05) is 13.1 Å². The molecular weight excluding hydrogens is 250 g/mol. The van der Waals surface area contributed by atoms with Gasteiger partial charge < -0.3 is 16.4 Å². The summed E-state index contributed by atoms with van der Waals surface area (Å²) >= 11 is 5.95. The summed E-state index contributed by atoms with van der Waals surface area (Å²) in [5.74, 6) is 0. The lowest BCUT2D eigenvalue weighted by Crippen LogP contribution is -2.46. The van der Waals surface area contributed by atoms with Crippen LogP contribution in [-0.4, -0.2) is 19.1 Å². The van der Waals surface area contributed by atoms with E-state index in [-0.39, 0.29) is 6.03 Å². The molecule has 1 aromatic rings. The van der Waals surface area contributed by atoms with E-state index in [1.165, 1.54) is 0 Å². The highest BCUT2D eigenvalue weighted by molar-refractivity contribution is 6.30. The molecule has 0 aromatic heterocycles. The van der Waals surface area contributed by atoms with Gasteiger partial charge in [0.2, 0.25) is 0 Å². The van der Waals surface area contributed by atoms with Crippen molar-refractivity contribution in [1.82, 2.24) is 10.6 Å². The minimum Gasteiger partial charge on any atom is -0.338 e. The van der Waals surface area contributed by atoms with Crippen LogP contribution in [0.15, 0.2) is 24.3 Å². The fourth-order valence-electron chi connectivity index (χ4n) is 1.58. The van der Waals surface area contributed by atoms with Crippen LogP contribution in [0.4, 0.5) is 4.79 Å². The number of rotatable bonds is 5. The van der Waals surface area contributed by atoms with E-state index in [0.717, 1.165) is 12.0 Å². The molecule has 0 aliphatic carbocycles. The van der Waals surface area contributed by atoms with Crippen LogP contribution in [0, 0.1) is 0 Å². The van der Waals surface area contributed by atoms with Crippen LogP contribution < -0.4 is 16.4 Å². The van der Waals surface area contributed by atoms with Gasteiger partial charge in [-0.3, -0.25) is 0 Å². The topological polar surface area (TPSA) is 67.2 Å². The van der Waals surface area contributed by atoms with Crippen LogP contribution in [0.3, 0.4) is 0 Å². The zero-order valence-electron chi connectivity index (χ0n) is 10.8. The van der Waals surface area contributed by atoms with Crippen LogP contribution in [0.2, 0.25) is 5.02 Å². The minimum absolute atomic E-state index is 0.201. The van der Waals surface area contributed by atoms with Crippen molar-refractivity contribution in [1.29, 1.82) is 0 Å². The Morgan fingerprint density at radius 1 is 1.44 bits per heavy atom. The van der Waals surface area contributed by atoms with Gasteiger partial charge in [-0.15, -0.1) is 0 Å². The van der Waals surface area contributed by atoms with Crippen molar-refractivity contribution in [2.45, 2.75) is 25.8 Å². The number of benzene rings is 1. The number of urea groups is 1. The maximum absolute atomic E-state index is 11.7. The number of hydrogen-bond acceptors (Lipinski definition) is 2. The molecule has 0 fully saturated rings. The van der Waals surface area contributed by atoms with E-state index >= 15 is 0 Å². The van der Waals surface area contributed by atoms with E-state index in [0.29, 0.717) is 18.1 Å². The maximum atomic E-state index is 11.7. The van der Waals surface area contributed by atoms with E-state index in [4.69, 9.17) is 17.3 Å². The average Bonchev–Trinajstić information content (AvgIpc) is 2.28. The number of halogens is 1. The second kappa shape index (κ2) is 6.61. The van der Waals surface area contributed by atoms with Gasteiger partial charge in [-0.25, -0.2) is 4.79 Å². The molecule has 0 aliphatic heterocycles. The minimum atomic E-state index is -0.475. The number of nitrogens with two attached hydrogens (primary N) is 1. The zero-order valence-corrected chi connectivity index (χ0v) is 11.6. The molecule has 0 unspecified atom stereocenters. The van der Waals surface area contributed by atoms with E-state index in [1.807, 2.05) is 38.1 Å². The van der Waals surface area contributed by atoms with Crippen molar-refractivity contribution >= 4 is 17.6 Å². The first-order chi connectivity index (χ1) is 8.45. The van der Waals surface area contributed by atoms with Gasteiger partial charge >= 0.3 is 6.03 Å². The molecule has 0 saturated heterocycles. The molecule has 0 atom stereocenters. The Bertz CT molecular complexity index is 407. The van der Waals surface area contributed by atoms with Gasteiger partial charge in [0.05, 0.1) is 5.54 Å². The lowest BCUT2D eigenvalue weighted by atomic mass is 9.94. The highest BCUT2D eigenvalue weighted by Crippen LogP contribution is 2.22. The largest absolute Gasteiger partial charge is 0.338 e. The molecule has 0 heterocycles. The molecule has 0 aliphatic rings. The molecule has 18 heavy (non-hydrogen) atoms. The molecule has 4 nitrogen and oxygen atoms in total. The lowest BCUT2D eigenvalue weighted by molar-refractivity contribution is 0.230. The van der Waals surface area contributed by atoms with Gasteiger partial charge in [0.25, 0.3) is 0 Å². The summed E-state index contributed by atoms with van der Waals surface area (Å²) in [4.78, 5) is 11.7. The van der Waals surface area contributed by atoms with Crippen molar-refractivity contribution in [3.63, 3.8) is 0 Å². The van der Waals surface area contributed by atoms with E-state index in [2.05, 4.69) is 10.6 Å². The predicted molar refractivity (Wildman–Crippen MR) is 74.7 cm³/mol. The molecule has 0 spiro atoms. The number of hydrogen-bond donors (Lipinski definition) is 3. The second-order valence-electron chi connectivity index (χ2n) is 4.66. The van der Waals surface area contributed by atoms with Crippen molar-refractivity contribution in [2.24, 2.45) is 5.73 Å². The number of carbonyl (C=O) groups excluding carboxylic acids is 1. The van der Waals surface area contributed by atoms with Crippen molar-refractivity contribution < 1.29 is 4.79 Å². The van der Waals surface area contributed by atoms with Crippen molar-refractivity contribution in [3.05, 3.63) is 34.9 Å². The van der Waals surface area contributed by atoms with Gasteiger partial charge in [-0.1, -0.05) is 23.7 Å². The maximum Gasteiger partial charge on any atom is 0.315 e. The molecule has 4 N–H and O–H groups in total. The Labute approximate surface area is 113 Å². The SMILES string of the molecule is CC(C)(NC(=O)NCCCN)c1cccc(Cl)c1. The molecule has 5 heteroatoms. The van der Waals surface area contributed by atoms with Gasteiger partial charge in [-0.05, 0) is 44.5 Å². The number of nitrogens with one attached hydrogen (secondary N) is 2. The Balaban J connectivity index is 2.61. The molecule has 0 bridgehead atoms. The third kappa shape index (κ3) is 4.55. The summed E-state index contributed by atoms with van der Waals surface area (Å²) in [5.41, 5.74) is 5.85. The lowest BCUT2D eigenvalue weighted by Gasteiger charge is -2.27. The standard InChI is InChI=1S/C13H20ClN3O/c1-13(2,10-5-3-6-11(14)9-10)17-12(18)16-8-4-7-15/h3,5-6,9H,4,7-8,15H2,1-2H3,(H2,16,17,18). The average molecular weight is 270 g/mol. The van der Waals surface area contributed by atoms with Gasteiger partial charge in [0.1, 0.15) is 0 Å². The normalized spacial score (nSPS) is 11.1. The molecule has 1 aromatic carbocycles. The highest BCUT2D eigenvalue weighted by atomic mass is 35.5. The van der Waals surface area contributed by atoms with Gasteiger partial charge in [-0.2, -0.15) is 0 Å². The zero-order chi connectivity index (χ0) is 13.6. The molecular formula is C13H20ClN3O. The van der Waals surface area contributed by atoms with E-state index < -0.39 is 5.54 Å². The first kappa shape index (κ1) is 14.8. The van der Waals surface area contributed by atoms with Crippen LogP contribution in [0.25, 0.3) is 0 Å². The smallest absolute Gasteiger partial charge is 0.315 e. The second-order valence-corrected chi connectivity index (χ2v) is 5.09. The van der Waals surface area contributed by atoms with Crippen molar-refractivity contribution in [3.8, 4) is 0 Å². The van der Waals surface area contributed by atoms with Crippen LogP contribution in [-0.2, 0) is 5.54 Å². The number of amides is 2. The predicted octanol–water partition coefficient (Wildman–Crippen LogP) is 2.22. The molecule has 1 rings (SSSR count). The van der Waals surface area contributed by atoms with Gasteiger partial charge in [0.15, 0.2) is 0 Å². The summed E-state index contributed by atoms with van der Waals surface area (Å²) in [5, 5.41) is 6.33. The summed E-state index contributed by atoms with van der Waals surface area (Å²) < 4.78 is 0. The molecule has 0 radical (unpaired) electrons. The first-order valence-corrected chi connectivity index (χ1v) is 6.35. The third-order valence-corrected chi connectivity index (χ3v) is 2.87. The Morgan fingerprint density at radius 2 is 2.17 bits per heavy atom. The van der Waals surface area contributed by atoms with E-state index in [9.17, 15) is 4.79 Å². The van der Waals surface area contributed by atoms with Crippen LogP contribution >= 0.6 is 11.6 Å². The van der Waals surface area contributed by atoms with E-state index in [1.54, 1.807) is 0 Å². The Kier molecular flexibility index (Phi) is 5.44. The highest BCUT2D eigenvalue weighted by Gasteiger charge is 2.22. The Morgan fingerprint density at radius 3 is 2.78 bits per heavy atom. The van der Waals surface area contributed by atoms with Crippen LogP contribution in [0.5, 0.6) is 0 Å². The summed E-state index contributed by atoms with van der Waals surface area (Å²) in [6, 6.07) is 7.26. The first-order valence-electron chi connectivity index (χ1n) is 5.98. The summed E-state index contributed by atoms with van der Waals surface area (Å²) in [7, 11) is 0. The summed E-state index contributed by atoms with van der Waals surface area (Å²) in [6.07, 6.45) is 0.769. The molecule has 0 saturated carbocycles. The Hall–Kier alpha value is -1.26. The summed E-state index contributed by atoms with van der Waals surface area (Å²) in [6.45, 7) is 5.01. The van der Waals surface area contributed by atoms with Gasteiger partial charge in [0, 0.05) is 11.6 Å². The monoisotopic (exact) mass is 269 g/mol. The quantitative estimate of drug-likeness (QED) is 0.718. The molecule has 100 valence electrons. The fourth-order valence-corrected chi connectivity index (χ4v) is 1.77. The number of carbonyl (C=O) groups is 1. The van der Waals surface area contributed by atoms with Crippen LogP contribution in [0.1, 0.15) is 25.8 Å². The fraction of sp³-hybridized carbons (Fsp3) is 0.462.